The van der Waals surface area contributed by atoms with Crippen LogP contribution in [0.3, 0.4) is 0 Å². The number of fused-ring (bicyclic) bond motifs is 18. The van der Waals surface area contributed by atoms with E-state index < -0.39 is 0 Å². The maximum Gasteiger partial charge on any atom is 0.287 e. The molecule has 0 amide bonds. The van der Waals surface area contributed by atoms with Gasteiger partial charge in [-0.15, -0.1) is 0 Å². The molecule has 0 bridgehead atoms. The predicted molar refractivity (Wildman–Crippen MR) is 549 cm³/mol. The maximum absolute atomic E-state index is 4.74. The summed E-state index contributed by atoms with van der Waals surface area (Å²) in [5.74, 6) is 0. The van der Waals surface area contributed by atoms with E-state index in [0.29, 0.717) is 0 Å². The molecule has 24 rings (SSSR count). The van der Waals surface area contributed by atoms with Crippen molar-refractivity contribution in [1.82, 2.24) is 54.8 Å². The molecule has 138 heavy (non-hydrogen) atoms. The Kier molecular flexibility index (Phi) is 24.7. The first-order valence-electron chi connectivity index (χ1n) is 47.9. The minimum Gasteiger partial charge on any atom is -0.264 e. The maximum atomic E-state index is 4.74. The van der Waals surface area contributed by atoms with Gasteiger partial charge in [-0.1, -0.05) is 106 Å². The van der Waals surface area contributed by atoms with Crippen molar-refractivity contribution >= 4 is 0 Å². The van der Waals surface area contributed by atoms with Gasteiger partial charge in [-0.2, -0.15) is 0 Å². The molecular weight excluding hydrogens is 1690 g/mol. The molecule has 0 fully saturated rings. The molecule has 11 aromatic heterocycles. The zero-order chi connectivity index (χ0) is 96.8. The standard InChI is InChI=1S/C21H22N3.C21H21N2.3C20H20N3.C19H18N3/c1-12-8-13(2)15(4)17(9-12)21-18-10-19-16(7-6-14(3)23-19)20(18)22-11-24(21)5;1-13-9-14(2)15(3)18(10-13)21-19-11-16-7-5-6-8-17(16)20(19)22-12-23(21)4;1-12-7-13(2)14(3)17(8-12)20-18-9-15-10-21-6-5-16(15)19(18)22-11-23(20)4;1-12-7-13(2)14(3)16(8-12)20-17-9-15-5-6-21-10-18(15)19(17)22-11-23(20)4;1-12-8-13(2)14(3)16(9-12)20-17-10-18-15(6-5-7-21-18)19(17)22-11-23(20)4;1-12-6-7-13(2)15(9-12)19-16-10-14-5-4-8-20-17(14)18(16)21-11-22(19)3/h6-9,11H,10H2,1-5H3;5-10,12H,11H2,1-4H3;2*5-8,10-11H,9H2,1-4H3;5-9,11H,10H2,1-4H3;4-9,11H,10H2,1-3H3/q6*+1. The van der Waals surface area contributed by atoms with Gasteiger partial charge in [0.1, 0.15) is 39.9 Å². The van der Waals surface area contributed by atoms with Gasteiger partial charge in [0.05, 0.1) is 87.1 Å². The molecule has 7 aromatic carbocycles. The molecule has 17 nitrogen and oxygen atoms in total. The molecule has 17 heteroatoms. The second-order valence-electron chi connectivity index (χ2n) is 39.0. The second-order valence-corrected chi connectivity index (χ2v) is 39.0. The van der Waals surface area contributed by atoms with Gasteiger partial charge in [-0.05, 0) is 317 Å². The lowest BCUT2D eigenvalue weighted by atomic mass is 9.94. The van der Waals surface area contributed by atoms with Crippen LogP contribution in [0.4, 0.5) is 0 Å². The number of rotatable bonds is 6. The van der Waals surface area contributed by atoms with Crippen molar-refractivity contribution in [3.05, 3.63) is 394 Å². The highest BCUT2D eigenvalue weighted by Gasteiger charge is 2.39. The summed E-state index contributed by atoms with van der Waals surface area (Å²) in [6.45, 7) is 39.2. The van der Waals surface area contributed by atoms with Crippen LogP contribution in [0.2, 0.25) is 0 Å². The van der Waals surface area contributed by atoms with Crippen molar-refractivity contribution in [3.63, 3.8) is 0 Å². The van der Waals surface area contributed by atoms with E-state index >= 15 is 0 Å². The molecule has 0 saturated heterocycles. The Morgan fingerprint density at radius 3 is 1.02 bits per heavy atom. The van der Waals surface area contributed by atoms with E-state index in [4.69, 9.17) is 19.9 Å². The number of hydrogen-bond acceptors (Lipinski definition) is 11. The SMILES string of the molecule is Cc1cc(C)c(C)c(-c2c3c(nc[n+]2C)-c2ccc(C)nc2C3)c1.Cc1cc(C)c(C)c(-c2c3c(nc[n+]2C)-c2ccccc2C3)c1.Cc1cc(C)c(C)c(-c2c3c(nc[n+]2C)-c2cccnc2C3)c1.Cc1cc(C)c(C)c(-c2c3c(nc[n+]2C)-c2ccncc2C3)c1.Cc1cc(C)c(C)c(-c2c3c(nc[n+]2C)-c2cnccc2C3)c1.Cc1ccc(C)c(-c2c3c(nc[n+]2C)-c2ncccc2C3)c1. The van der Waals surface area contributed by atoms with E-state index in [1.165, 1.54) is 246 Å². The first kappa shape index (κ1) is 91.9. The van der Waals surface area contributed by atoms with Crippen LogP contribution in [0.5, 0.6) is 0 Å². The number of pyridine rings is 5. The fraction of sp³-hybridized carbons (Fsp3) is 0.248. The average Bonchev–Trinajstić information content (AvgIpc) is 1.63. The van der Waals surface area contributed by atoms with Crippen LogP contribution in [-0.2, 0) is 80.8 Å². The van der Waals surface area contributed by atoms with Gasteiger partial charge >= 0.3 is 0 Å². The molecule has 0 unspecified atom stereocenters. The topological polar surface area (TPSA) is 165 Å². The summed E-state index contributed by atoms with van der Waals surface area (Å²) in [7, 11) is 12.5. The van der Waals surface area contributed by atoms with Gasteiger partial charge in [-0.25, -0.2) is 27.4 Å². The molecule has 11 heterocycles. The first-order valence-corrected chi connectivity index (χ1v) is 47.9. The monoisotopic (exact) mass is 1810 g/mol. The second kappa shape index (κ2) is 37.1. The number of hydrogen-bond donors (Lipinski definition) is 0. The zero-order valence-electron chi connectivity index (χ0n) is 84.2. The van der Waals surface area contributed by atoms with Gasteiger partial charge in [0.25, 0.3) is 38.0 Å². The lowest BCUT2D eigenvalue weighted by molar-refractivity contribution is -0.663. The van der Waals surface area contributed by atoms with Crippen molar-refractivity contribution in [2.24, 2.45) is 42.3 Å². The molecular formula is C121H121N17+6. The summed E-state index contributed by atoms with van der Waals surface area (Å²) < 4.78 is 12.9. The fourth-order valence-corrected chi connectivity index (χ4v) is 21.7. The van der Waals surface area contributed by atoms with Gasteiger partial charge in [0, 0.05) is 143 Å². The minimum atomic E-state index is 0.856. The smallest absolute Gasteiger partial charge is 0.264 e. The van der Waals surface area contributed by atoms with Crippen LogP contribution in [0.1, 0.15) is 167 Å². The van der Waals surface area contributed by atoms with E-state index in [9.17, 15) is 0 Å². The van der Waals surface area contributed by atoms with Crippen LogP contribution in [0.15, 0.2) is 227 Å². The Bertz CT molecular complexity index is 7450. The Morgan fingerprint density at radius 2 is 0.543 bits per heavy atom. The molecule has 0 spiro atoms. The minimum absolute atomic E-state index is 0.856. The molecule has 6 aliphatic carbocycles. The molecule has 0 aliphatic heterocycles. The quantitative estimate of drug-likeness (QED) is 0.145. The van der Waals surface area contributed by atoms with Crippen molar-refractivity contribution in [2.75, 3.05) is 0 Å². The zero-order valence-corrected chi connectivity index (χ0v) is 84.2. The van der Waals surface area contributed by atoms with E-state index in [-0.39, 0.29) is 0 Å². The number of aryl methyl sites for hydroxylation is 19. The van der Waals surface area contributed by atoms with Gasteiger partial charge in [0.2, 0.25) is 5.69 Å². The average molecular weight is 1810 g/mol. The number of aromatic nitrogens is 17. The molecule has 18 aromatic rings. The van der Waals surface area contributed by atoms with Crippen LogP contribution in [0, 0.1) is 125 Å². The summed E-state index contributed by atoms with van der Waals surface area (Å²) in [5, 5.41) is 0. The Hall–Kier alpha value is -15.2. The van der Waals surface area contributed by atoms with E-state index in [2.05, 4.69) is 362 Å². The summed E-state index contributed by atoms with van der Waals surface area (Å²) >= 11 is 0. The summed E-state index contributed by atoms with van der Waals surface area (Å²) in [6, 6.07) is 54.6. The van der Waals surface area contributed by atoms with Gasteiger partial charge in [0.15, 0.2) is 28.5 Å². The van der Waals surface area contributed by atoms with Crippen molar-refractivity contribution in [2.45, 2.75) is 163 Å². The molecule has 0 saturated carbocycles. The summed E-state index contributed by atoms with van der Waals surface area (Å²) in [5.41, 5.74) is 67.9. The van der Waals surface area contributed by atoms with E-state index in [1.54, 1.807) is 0 Å². The highest BCUT2D eigenvalue weighted by Crippen LogP contribution is 2.47. The normalized spacial score (nSPS) is 12.2. The first-order chi connectivity index (χ1) is 66.3. The third-order valence-corrected chi connectivity index (χ3v) is 29.1. The summed E-state index contributed by atoms with van der Waals surface area (Å²) in [4.78, 5) is 50.5. The predicted octanol–water partition coefficient (Wildman–Crippen LogP) is 21.4. The molecule has 0 radical (unpaired) electrons. The molecule has 0 N–H and O–H groups in total. The lowest BCUT2D eigenvalue weighted by Crippen LogP contribution is -2.33. The van der Waals surface area contributed by atoms with Crippen LogP contribution >= 0.6 is 0 Å². The number of benzene rings is 7. The van der Waals surface area contributed by atoms with Crippen LogP contribution in [0.25, 0.3) is 135 Å². The fourth-order valence-electron chi connectivity index (χ4n) is 21.7. The van der Waals surface area contributed by atoms with Crippen molar-refractivity contribution in [3.8, 4) is 135 Å². The lowest BCUT2D eigenvalue weighted by Gasteiger charge is -2.13. The molecule has 0 atom stereocenters. The Morgan fingerprint density at radius 1 is 0.210 bits per heavy atom. The largest absolute Gasteiger partial charge is 0.287 e. The molecule has 6 aliphatic rings. The Balaban J connectivity index is 0.000000106. The van der Waals surface area contributed by atoms with E-state index in [0.717, 1.165) is 95.5 Å². The number of nitrogens with zero attached hydrogens (tertiary/aromatic N) is 17. The van der Waals surface area contributed by atoms with Crippen molar-refractivity contribution in [1.29, 1.82) is 0 Å². The van der Waals surface area contributed by atoms with Gasteiger partial charge < -0.3 is 0 Å². The highest BCUT2D eigenvalue weighted by molar-refractivity contribution is 5.86. The van der Waals surface area contributed by atoms with Crippen molar-refractivity contribution < 1.29 is 27.4 Å². The van der Waals surface area contributed by atoms with Crippen LogP contribution < -0.4 is 27.4 Å². The summed E-state index contributed by atoms with van der Waals surface area (Å²) in [6.07, 6.45) is 28.3. The molecule has 684 valence electrons. The highest BCUT2D eigenvalue weighted by atomic mass is 15.1. The van der Waals surface area contributed by atoms with E-state index in [1.807, 2.05) is 94.2 Å². The third kappa shape index (κ3) is 16.9. The van der Waals surface area contributed by atoms with Crippen LogP contribution in [-0.4, -0.2) is 54.8 Å². The van der Waals surface area contributed by atoms with Gasteiger partial charge in [-0.3, -0.25) is 24.9 Å². The third-order valence-electron chi connectivity index (χ3n) is 29.1. The Labute approximate surface area is 811 Å².